The fraction of sp³-hybridized carbons (Fsp3) is 0.278. The molecular formula is C18H17F2NO2. The van der Waals surface area contributed by atoms with Gasteiger partial charge in [0.15, 0.2) is 0 Å². The highest BCUT2D eigenvalue weighted by molar-refractivity contribution is 5.79. The molecule has 3 rings (SSSR count). The number of rotatable bonds is 3. The molecule has 0 fully saturated rings. The molecule has 0 aliphatic carbocycles. The van der Waals surface area contributed by atoms with Gasteiger partial charge in [-0.05, 0) is 24.1 Å². The summed E-state index contributed by atoms with van der Waals surface area (Å²) >= 11 is 0. The Balaban J connectivity index is 1.68. The molecule has 120 valence electrons. The Morgan fingerprint density at radius 1 is 1.26 bits per heavy atom. The number of nitrogens with zero attached hydrogens (tertiary/aromatic N) is 1. The lowest BCUT2D eigenvalue weighted by atomic mass is 9.95. The van der Waals surface area contributed by atoms with Crippen LogP contribution in [0.1, 0.15) is 11.1 Å². The van der Waals surface area contributed by atoms with Crippen LogP contribution in [-0.4, -0.2) is 24.5 Å². The van der Waals surface area contributed by atoms with Crippen molar-refractivity contribution in [1.29, 1.82) is 0 Å². The molecule has 5 heteroatoms. The number of carbonyl (C=O) groups is 1. The first-order chi connectivity index (χ1) is 11.0. The van der Waals surface area contributed by atoms with Crippen LogP contribution >= 0.6 is 0 Å². The van der Waals surface area contributed by atoms with Gasteiger partial charge in [-0.15, -0.1) is 0 Å². The van der Waals surface area contributed by atoms with E-state index in [-0.39, 0.29) is 18.4 Å². The SMILES string of the molecule is CN(Cc1ccc(F)cc1F)C(=O)C1COc2ccccc2C1. The van der Waals surface area contributed by atoms with Crippen LogP contribution in [0.2, 0.25) is 0 Å². The number of amides is 1. The average molecular weight is 317 g/mol. The van der Waals surface area contributed by atoms with Crippen molar-refractivity contribution in [3.8, 4) is 5.75 Å². The van der Waals surface area contributed by atoms with Crippen LogP contribution in [0.5, 0.6) is 5.75 Å². The number of hydrogen-bond donors (Lipinski definition) is 0. The second-order valence-corrected chi connectivity index (χ2v) is 5.75. The van der Waals surface area contributed by atoms with Gasteiger partial charge in [0.25, 0.3) is 0 Å². The summed E-state index contributed by atoms with van der Waals surface area (Å²) < 4.78 is 32.3. The molecule has 0 N–H and O–H groups in total. The Kier molecular flexibility index (Phi) is 4.28. The van der Waals surface area contributed by atoms with Gasteiger partial charge in [-0.3, -0.25) is 4.79 Å². The Hall–Kier alpha value is -2.43. The van der Waals surface area contributed by atoms with Gasteiger partial charge in [-0.2, -0.15) is 0 Å². The lowest BCUT2D eigenvalue weighted by Gasteiger charge is -2.28. The number of para-hydroxylation sites is 1. The standard InChI is InChI=1S/C18H17F2NO2/c1-21(10-13-6-7-15(19)9-16(13)20)18(22)14-8-12-4-2-3-5-17(12)23-11-14/h2-7,9,14H,8,10-11H2,1H3. The van der Waals surface area contributed by atoms with Crippen molar-refractivity contribution in [2.45, 2.75) is 13.0 Å². The fourth-order valence-electron chi connectivity index (χ4n) is 2.78. The first-order valence-corrected chi connectivity index (χ1v) is 7.44. The van der Waals surface area contributed by atoms with E-state index in [4.69, 9.17) is 4.74 Å². The van der Waals surface area contributed by atoms with Gasteiger partial charge in [0, 0.05) is 25.2 Å². The van der Waals surface area contributed by atoms with E-state index in [0.717, 1.165) is 17.4 Å². The van der Waals surface area contributed by atoms with Gasteiger partial charge in [-0.25, -0.2) is 8.78 Å². The molecule has 1 atom stereocenters. The van der Waals surface area contributed by atoms with E-state index in [0.29, 0.717) is 18.6 Å². The van der Waals surface area contributed by atoms with Gasteiger partial charge in [0.05, 0.1) is 5.92 Å². The van der Waals surface area contributed by atoms with E-state index in [1.807, 2.05) is 24.3 Å². The number of halogens is 2. The van der Waals surface area contributed by atoms with Crippen LogP contribution in [-0.2, 0) is 17.8 Å². The normalized spacial score (nSPS) is 16.4. The maximum Gasteiger partial charge on any atom is 0.229 e. The van der Waals surface area contributed by atoms with E-state index in [2.05, 4.69) is 0 Å². The molecule has 1 unspecified atom stereocenters. The zero-order chi connectivity index (χ0) is 16.4. The van der Waals surface area contributed by atoms with E-state index >= 15 is 0 Å². The van der Waals surface area contributed by atoms with Crippen LogP contribution in [0.3, 0.4) is 0 Å². The maximum atomic E-state index is 13.7. The van der Waals surface area contributed by atoms with E-state index in [9.17, 15) is 13.6 Å². The summed E-state index contributed by atoms with van der Waals surface area (Å²) in [5.41, 5.74) is 1.29. The number of carbonyl (C=O) groups excluding carboxylic acids is 1. The number of fused-ring (bicyclic) bond motifs is 1. The highest BCUT2D eigenvalue weighted by Gasteiger charge is 2.28. The quantitative estimate of drug-likeness (QED) is 0.870. The van der Waals surface area contributed by atoms with Crippen molar-refractivity contribution in [2.24, 2.45) is 5.92 Å². The summed E-state index contributed by atoms with van der Waals surface area (Å²) in [6.45, 7) is 0.412. The number of ether oxygens (including phenoxy) is 1. The molecule has 0 radical (unpaired) electrons. The van der Waals surface area contributed by atoms with Gasteiger partial charge in [0.1, 0.15) is 24.0 Å². The number of hydrogen-bond acceptors (Lipinski definition) is 2. The second-order valence-electron chi connectivity index (χ2n) is 5.75. The summed E-state index contributed by atoms with van der Waals surface area (Å²) in [6.07, 6.45) is 0.602. The topological polar surface area (TPSA) is 29.5 Å². The fourth-order valence-corrected chi connectivity index (χ4v) is 2.78. The van der Waals surface area contributed by atoms with Crippen molar-refractivity contribution in [3.05, 3.63) is 65.2 Å². The lowest BCUT2D eigenvalue weighted by molar-refractivity contribution is -0.136. The Morgan fingerprint density at radius 3 is 2.83 bits per heavy atom. The van der Waals surface area contributed by atoms with E-state index in [1.54, 1.807) is 7.05 Å². The monoisotopic (exact) mass is 317 g/mol. The molecular weight excluding hydrogens is 300 g/mol. The molecule has 0 bridgehead atoms. The van der Waals surface area contributed by atoms with Crippen LogP contribution in [0.15, 0.2) is 42.5 Å². The molecule has 2 aromatic rings. The molecule has 1 amide bonds. The minimum atomic E-state index is -0.644. The zero-order valence-corrected chi connectivity index (χ0v) is 12.8. The lowest BCUT2D eigenvalue weighted by Crippen LogP contribution is -2.38. The third kappa shape index (κ3) is 3.33. The smallest absolute Gasteiger partial charge is 0.229 e. The highest BCUT2D eigenvalue weighted by Crippen LogP contribution is 2.27. The van der Waals surface area contributed by atoms with Gasteiger partial charge >= 0.3 is 0 Å². The summed E-state index contributed by atoms with van der Waals surface area (Å²) in [7, 11) is 1.62. The van der Waals surface area contributed by atoms with Crippen molar-refractivity contribution in [2.75, 3.05) is 13.7 Å². The molecule has 0 aromatic heterocycles. The van der Waals surface area contributed by atoms with E-state index in [1.165, 1.54) is 17.0 Å². The molecule has 0 saturated carbocycles. The van der Waals surface area contributed by atoms with Crippen molar-refractivity contribution >= 4 is 5.91 Å². The molecule has 23 heavy (non-hydrogen) atoms. The second kappa shape index (κ2) is 6.36. The predicted octanol–water partition coefficient (Wildman–Crippen LogP) is 3.17. The molecule has 3 nitrogen and oxygen atoms in total. The highest BCUT2D eigenvalue weighted by atomic mass is 19.1. The minimum Gasteiger partial charge on any atom is -0.492 e. The Bertz CT molecular complexity index is 733. The van der Waals surface area contributed by atoms with Crippen LogP contribution in [0, 0.1) is 17.6 Å². The Labute approximate surface area is 133 Å². The molecule has 1 aliphatic heterocycles. The number of benzene rings is 2. The minimum absolute atomic E-state index is 0.100. The largest absolute Gasteiger partial charge is 0.492 e. The molecule has 1 aliphatic rings. The summed E-state index contributed by atoms with van der Waals surface area (Å²) in [6, 6.07) is 11.0. The van der Waals surface area contributed by atoms with Crippen molar-refractivity contribution < 1.29 is 18.3 Å². The maximum absolute atomic E-state index is 13.7. The Morgan fingerprint density at radius 2 is 2.04 bits per heavy atom. The van der Waals surface area contributed by atoms with Crippen LogP contribution in [0.25, 0.3) is 0 Å². The zero-order valence-electron chi connectivity index (χ0n) is 12.8. The summed E-state index contributed by atoms with van der Waals surface area (Å²) in [4.78, 5) is 14.0. The molecule has 0 saturated heterocycles. The average Bonchev–Trinajstić information content (AvgIpc) is 2.56. The molecule has 1 heterocycles. The van der Waals surface area contributed by atoms with E-state index < -0.39 is 11.6 Å². The molecule has 0 spiro atoms. The predicted molar refractivity (Wildman–Crippen MR) is 82.0 cm³/mol. The van der Waals surface area contributed by atoms with Gasteiger partial charge in [0.2, 0.25) is 5.91 Å². The van der Waals surface area contributed by atoms with Gasteiger partial charge in [-0.1, -0.05) is 24.3 Å². The molecule has 2 aromatic carbocycles. The first kappa shape index (κ1) is 15.5. The van der Waals surface area contributed by atoms with Gasteiger partial charge < -0.3 is 9.64 Å². The summed E-state index contributed by atoms with van der Waals surface area (Å²) in [5.74, 6) is -0.863. The van der Waals surface area contributed by atoms with Crippen LogP contribution in [0.4, 0.5) is 8.78 Å². The van der Waals surface area contributed by atoms with Crippen LogP contribution < -0.4 is 4.74 Å². The summed E-state index contributed by atoms with van der Waals surface area (Å²) in [5, 5.41) is 0. The first-order valence-electron chi connectivity index (χ1n) is 7.44. The third-order valence-electron chi connectivity index (χ3n) is 4.03. The third-order valence-corrected chi connectivity index (χ3v) is 4.03. The van der Waals surface area contributed by atoms with Crippen molar-refractivity contribution in [3.63, 3.8) is 0 Å². The van der Waals surface area contributed by atoms with Crippen molar-refractivity contribution in [1.82, 2.24) is 4.90 Å².